The van der Waals surface area contributed by atoms with E-state index in [9.17, 15) is 14.7 Å². The predicted octanol–water partition coefficient (Wildman–Crippen LogP) is 2.63. The summed E-state index contributed by atoms with van der Waals surface area (Å²) in [5, 5.41) is 19.1. The van der Waals surface area contributed by atoms with Crippen LogP contribution in [-0.4, -0.2) is 88.3 Å². The molecule has 1 aromatic rings. The summed E-state index contributed by atoms with van der Waals surface area (Å²) in [6, 6.07) is 7.16. The Morgan fingerprint density at radius 1 is 1.25 bits per heavy atom. The maximum atomic E-state index is 13.1. The summed E-state index contributed by atoms with van der Waals surface area (Å²) >= 11 is 0. The van der Waals surface area contributed by atoms with Crippen LogP contribution in [0.3, 0.4) is 0 Å². The number of hydrogen-bond acceptors (Lipinski definition) is 7. The van der Waals surface area contributed by atoms with Crippen LogP contribution in [0.1, 0.15) is 43.8 Å². The number of amides is 3. The molecular formula is C26H42N4O6. The molecule has 0 bridgehead atoms. The number of likely N-dealkylation sites (tertiary alicyclic amines) is 1. The van der Waals surface area contributed by atoms with Crippen LogP contribution in [0.4, 0.5) is 9.59 Å². The van der Waals surface area contributed by atoms with E-state index >= 15 is 0 Å². The number of nitrogens with one attached hydrogen (secondary N) is 3. The molecule has 0 radical (unpaired) electrons. The zero-order chi connectivity index (χ0) is 25.8. The summed E-state index contributed by atoms with van der Waals surface area (Å²) in [7, 11) is 3.25. The zero-order valence-electron chi connectivity index (χ0n) is 21.5. The molecule has 2 aliphatic heterocycles. The van der Waals surface area contributed by atoms with Gasteiger partial charge in [-0.25, -0.2) is 9.59 Å². The third kappa shape index (κ3) is 8.83. The maximum Gasteiger partial charge on any atom is 0.406 e. The first kappa shape index (κ1) is 28.0. The fourth-order valence-electron chi connectivity index (χ4n) is 5.08. The van der Waals surface area contributed by atoms with Crippen molar-refractivity contribution in [3.63, 3.8) is 0 Å². The molecule has 0 aromatic heterocycles. The number of phenolic OH excluding ortho intramolecular Hbond substituents is 1. The molecule has 3 amide bonds. The van der Waals surface area contributed by atoms with Gasteiger partial charge in [-0.1, -0.05) is 12.1 Å². The van der Waals surface area contributed by atoms with E-state index in [2.05, 4.69) is 20.7 Å². The fourth-order valence-corrected chi connectivity index (χ4v) is 5.08. The topological polar surface area (TPSA) is 121 Å². The van der Waals surface area contributed by atoms with E-state index in [4.69, 9.17) is 9.47 Å². The highest BCUT2D eigenvalue weighted by atomic mass is 16.5. The maximum absolute atomic E-state index is 13.1. The van der Waals surface area contributed by atoms with Crippen LogP contribution in [-0.2, 0) is 14.2 Å². The smallest absolute Gasteiger partial charge is 0.406 e. The van der Waals surface area contributed by atoms with Gasteiger partial charge in [0.05, 0.1) is 19.8 Å². The van der Waals surface area contributed by atoms with Crippen molar-refractivity contribution in [3.8, 4) is 5.75 Å². The molecular weight excluding hydrogens is 464 g/mol. The van der Waals surface area contributed by atoms with Crippen LogP contribution in [0.5, 0.6) is 5.75 Å². The molecule has 0 saturated carbocycles. The number of likely N-dealkylation sites (N-methyl/N-ethyl adjacent to an activating group) is 1. The lowest BCUT2D eigenvalue weighted by molar-refractivity contribution is -0.00861. The summed E-state index contributed by atoms with van der Waals surface area (Å²) in [4.78, 5) is 26.3. The SMILES string of the molecule is CN[C@H](CNC(=O)N1CCC[C@@H]([C@@H](OCCNC(=O)OC)c2cccc(O)c2)C1)C[C@H]1CCCOC1. The number of methoxy groups -OCH3 is 1. The molecule has 4 atom stereocenters. The van der Waals surface area contributed by atoms with Crippen LogP contribution in [0, 0.1) is 11.8 Å². The van der Waals surface area contributed by atoms with Crippen molar-refractivity contribution in [1.82, 2.24) is 20.9 Å². The Kier molecular flexibility index (Phi) is 11.6. The standard InChI is InChI=1S/C26H42N4O6/c1-27-22(14-19-6-5-12-35-18-19)16-29-25(32)30-11-4-8-21(17-30)24(20-7-3-9-23(31)15-20)36-13-10-28-26(33)34-2/h3,7,9,15,19,21-22,24,27,31H,4-6,8,10-14,16-18H2,1-2H3,(H,28,33)(H,29,32)/t19-,21-,22+,24+/m1/s1. The first-order valence-electron chi connectivity index (χ1n) is 13.0. The van der Waals surface area contributed by atoms with E-state index in [1.807, 2.05) is 18.0 Å². The Morgan fingerprint density at radius 3 is 2.83 bits per heavy atom. The van der Waals surface area contributed by atoms with Crippen LogP contribution in [0.25, 0.3) is 0 Å². The third-order valence-electron chi connectivity index (χ3n) is 7.01. The first-order chi connectivity index (χ1) is 17.5. The van der Waals surface area contributed by atoms with E-state index in [0.29, 0.717) is 32.1 Å². The molecule has 3 rings (SSSR count). The lowest BCUT2D eigenvalue weighted by atomic mass is 9.88. The molecule has 10 heteroatoms. The molecule has 1 aromatic carbocycles. The zero-order valence-corrected chi connectivity index (χ0v) is 21.5. The minimum atomic E-state index is -0.510. The molecule has 2 saturated heterocycles. The second-order valence-electron chi connectivity index (χ2n) is 9.64. The van der Waals surface area contributed by atoms with Crippen LogP contribution in [0.2, 0.25) is 0 Å². The molecule has 0 unspecified atom stereocenters. The molecule has 0 spiro atoms. The molecule has 2 aliphatic rings. The number of carbonyl (C=O) groups excluding carboxylic acids is 2. The minimum absolute atomic E-state index is 0.0592. The highest BCUT2D eigenvalue weighted by Crippen LogP contribution is 2.34. The molecule has 0 aliphatic carbocycles. The van der Waals surface area contributed by atoms with Gasteiger partial charge in [0.2, 0.25) is 0 Å². The fraction of sp³-hybridized carbons (Fsp3) is 0.692. The van der Waals surface area contributed by atoms with Crippen molar-refractivity contribution in [2.24, 2.45) is 11.8 Å². The van der Waals surface area contributed by atoms with Gasteiger partial charge in [0.25, 0.3) is 0 Å². The molecule has 2 fully saturated rings. The number of rotatable bonds is 11. The quantitative estimate of drug-likeness (QED) is 0.341. The second-order valence-corrected chi connectivity index (χ2v) is 9.64. The van der Waals surface area contributed by atoms with Gasteiger partial charge in [0.15, 0.2) is 0 Å². The van der Waals surface area contributed by atoms with Crippen molar-refractivity contribution in [1.29, 1.82) is 0 Å². The van der Waals surface area contributed by atoms with Gasteiger partial charge in [-0.3, -0.25) is 0 Å². The van der Waals surface area contributed by atoms with Gasteiger partial charge in [0, 0.05) is 51.4 Å². The third-order valence-corrected chi connectivity index (χ3v) is 7.01. The van der Waals surface area contributed by atoms with E-state index in [0.717, 1.165) is 44.5 Å². The number of carbonyl (C=O) groups is 2. The van der Waals surface area contributed by atoms with Crippen molar-refractivity contribution in [2.75, 3.05) is 60.2 Å². The van der Waals surface area contributed by atoms with E-state index < -0.39 is 6.09 Å². The Hall–Kier alpha value is -2.56. The number of hydrogen-bond donors (Lipinski definition) is 4. The van der Waals surface area contributed by atoms with Crippen molar-refractivity contribution in [2.45, 2.75) is 44.2 Å². The Bertz CT molecular complexity index is 819. The van der Waals surface area contributed by atoms with Crippen molar-refractivity contribution >= 4 is 12.1 Å². The van der Waals surface area contributed by atoms with E-state index in [-0.39, 0.29) is 36.5 Å². The number of phenols is 1. The summed E-state index contributed by atoms with van der Waals surface area (Å²) in [5.41, 5.74) is 0.852. The van der Waals surface area contributed by atoms with Crippen LogP contribution < -0.4 is 16.0 Å². The summed E-state index contributed by atoms with van der Waals surface area (Å²) < 4.78 is 16.4. The number of aromatic hydroxyl groups is 1. The van der Waals surface area contributed by atoms with Crippen molar-refractivity contribution < 1.29 is 28.9 Å². The van der Waals surface area contributed by atoms with Gasteiger partial charge in [-0.15, -0.1) is 0 Å². The number of benzene rings is 1. The minimum Gasteiger partial charge on any atom is -0.508 e. The average molecular weight is 507 g/mol. The molecule has 4 N–H and O–H groups in total. The number of alkyl carbamates (subject to hydrolysis) is 1. The lowest BCUT2D eigenvalue weighted by Gasteiger charge is -2.37. The highest BCUT2D eigenvalue weighted by molar-refractivity contribution is 5.74. The van der Waals surface area contributed by atoms with Gasteiger partial charge < -0.3 is 40.2 Å². The second kappa shape index (κ2) is 14.9. The van der Waals surface area contributed by atoms with Gasteiger partial charge in [-0.2, -0.15) is 0 Å². The number of piperidine rings is 1. The Balaban J connectivity index is 1.56. The summed E-state index contributed by atoms with van der Waals surface area (Å²) in [6.45, 7) is 4.05. The molecule has 10 nitrogen and oxygen atoms in total. The predicted molar refractivity (Wildman–Crippen MR) is 136 cm³/mol. The average Bonchev–Trinajstić information content (AvgIpc) is 2.91. The van der Waals surface area contributed by atoms with Crippen LogP contribution in [0.15, 0.2) is 24.3 Å². The highest BCUT2D eigenvalue weighted by Gasteiger charge is 2.31. The van der Waals surface area contributed by atoms with Crippen molar-refractivity contribution in [3.05, 3.63) is 29.8 Å². The van der Waals surface area contributed by atoms with E-state index in [1.165, 1.54) is 13.5 Å². The monoisotopic (exact) mass is 506 g/mol. The van der Waals surface area contributed by atoms with Crippen LogP contribution >= 0.6 is 0 Å². The Labute approximate surface area is 214 Å². The summed E-state index contributed by atoms with van der Waals surface area (Å²) in [6.07, 6.45) is 4.19. The first-order valence-corrected chi connectivity index (χ1v) is 13.0. The van der Waals surface area contributed by atoms with Gasteiger partial charge in [0.1, 0.15) is 5.75 Å². The molecule has 2 heterocycles. The van der Waals surface area contributed by atoms with Gasteiger partial charge >= 0.3 is 12.1 Å². The normalized spacial score (nSPS) is 21.9. The summed E-state index contributed by atoms with van der Waals surface area (Å²) in [5.74, 6) is 0.755. The number of urea groups is 1. The molecule has 36 heavy (non-hydrogen) atoms. The number of ether oxygens (including phenoxy) is 3. The Morgan fingerprint density at radius 2 is 2.11 bits per heavy atom. The van der Waals surface area contributed by atoms with E-state index in [1.54, 1.807) is 18.2 Å². The number of nitrogens with zero attached hydrogens (tertiary/aromatic N) is 1. The lowest BCUT2D eigenvalue weighted by Crippen LogP contribution is -2.50. The molecule has 202 valence electrons. The largest absolute Gasteiger partial charge is 0.508 e. The van der Waals surface area contributed by atoms with Gasteiger partial charge in [-0.05, 0) is 62.8 Å².